The molecule has 1 aliphatic heterocycles. The van der Waals surface area contributed by atoms with Gasteiger partial charge in [-0.25, -0.2) is 4.63 Å². The predicted molar refractivity (Wildman–Crippen MR) is 107 cm³/mol. The number of ether oxygens (including phenoxy) is 2. The lowest BCUT2D eigenvalue weighted by Gasteiger charge is -2.31. The van der Waals surface area contributed by atoms with E-state index in [0.717, 1.165) is 11.4 Å². The number of aromatic nitrogens is 4. The molecule has 1 saturated heterocycles. The van der Waals surface area contributed by atoms with Gasteiger partial charge < -0.3 is 14.4 Å². The standard InChI is InChI=1S/C20H22ClN5O4/c1-13-19(24-30-23-13)20(27)26-8-10-29-18(12-26)16-11-14(25(2)22-16)7-9-28-17-6-4-3-5-15(17)21/h3-6,11,18H,7-10,12H2,1-2H3/t18-/m1/s1. The fourth-order valence-electron chi connectivity index (χ4n) is 3.34. The molecule has 10 heteroatoms. The summed E-state index contributed by atoms with van der Waals surface area (Å²) in [5.41, 5.74) is 2.48. The van der Waals surface area contributed by atoms with Gasteiger partial charge in [0.1, 0.15) is 17.5 Å². The lowest BCUT2D eigenvalue weighted by Crippen LogP contribution is -2.42. The summed E-state index contributed by atoms with van der Waals surface area (Å²) in [6.07, 6.45) is 0.348. The van der Waals surface area contributed by atoms with Crippen molar-refractivity contribution in [3.63, 3.8) is 0 Å². The quantitative estimate of drug-likeness (QED) is 0.591. The molecule has 158 valence electrons. The SMILES string of the molecule is Cc1nonc1C(=O)N1CCO[C@@H](c2cc(CCOc3ccccc3Cl)n(C)n2)C1. The zero-order chi connectivity index (χ0) is 21.1. The van der Waals surface area contributed by atoms with Crippen LogP contribution in [0.5, 0.6) is 5.75 Å². The number of carbonyl (C=O) groups is 1. The summed E-state index contributed by atoms with van der Waals surface area (Å²) in [5, 5.41) is 12.6. The molecule has 0 unspecified atom stereocenters. The van der Waals surface area contributed by atoms with Crippen LogP contribution in [0.3, 0.4) is 0 Å². The Morgan fingerprint density at radius 3 is 2.93 bits per heavy atom. The van der Waals surface area contributed by atoms with Gasteiger partial charge in [0.25, 0.3) is 5.91 Å². The molecule has 0 N–H and O–H groups in total. The van der Waals surface area contributed by atoms with Crippen molar-refractivity contribution in [2.45, 2.75) is 19.4 Å². The first kappa shape index (κ1) is 20.4. The second-order valence-electron chi connectivity index (χ2n) is 7.02. The maximum Gasteiger partial charge on any atom is 0.278 e. The second-order valence-corrected chi connectivity index (χ2v) is 7.43. The minimum atomic E-state index is -0.313. The van der Waals surface area contributed by atoms with Crippen LogP contribution in [0.15, 0.2) is 35.0 Å². The van der Waals surface area contributed by atoms with Crippen molar-refractivity contribution in [2.75, 3.05) is 26.3 Å². The number of nitrogens with zero attached hydrogens (tertiary/aromatic N) is 5. The summed E-state index contributed by atoms with van der Waals surface area (Å²) < 4.78 is 18.1. The topological polar surface area (TPSA) is 95.5 Å². The number of para-hydroxylation sites is 1. The monoisotopic (exact) mass is 431 g/mol. The Morgan fingerprint density at radius 1 is 1.33 bits per heavy atom. The molecule has 0 saturated carbocycles. The molecule has 4 rings (SSSR count). The Bertz CT molecular complexity index is 1030. The van der Waals surface area contributed by atoms with Crippen molar-refractivity contribution in [3.05, 3.63) is 58.1 Å². The minimum Gasteiger partial charge on any atom is -0.492 e. The zero-order valence-electron chi connectivity index (χ0n) is 16.7. The second kappa shape index (κ2) is 8.85. The number of benzene rings is 1. The number of morpholine rings is 1. The molecule has 1 amide bonds. The molecule has 0 bridgehead atoms. The molecule has 1 aliphatic rings. The Labute approximate surface area is 178 Å². The van der Waals surface area contributed by atoms with Crippen molar-refractivity contribution in [1.29, 1.82) is 0 Å². The van der Waals surface area contributed by atoms with Gasteiger partial charge >= 0.3 is 0 Å². The summed E-state index contributed by atoms with van der Waals surface area (Å²) in [4.78, 5) is 14.4. The van der Waals surface area contributed by atoms with E-state index in [-0.39, 0.29) is 17.7 Å². The summed E-state index contributed by atoms with van der Waals surface area (Å²) in [6, 6.07) is 9.36. The van der Waals surface area contributed by atoms with Crippen LogP contribution in [0.1, 0.15) is 33.7 Å². The van der Waals surface area contributed by atoms with E-state index in [9.17, 15) is 4.79 Å². The highest BCUT2D eigenvalue weighted by molar-refractivity contribution is 6.32. The van der Waals surface area contributed by atoms with Crippen LogP contribution in [0, 0.1) is 6.92 Å². The summed E-state index contributed by atoms with van der Waals surface area (Å²) >= 11 is 6.12. The number of hydrogen-bond acceptors (Lipinski definition) is 7. The van der Waals surface area contributed by atoms with Crippen LogP contribution in [0.2, 0.25) is 5.02 Å². The number of amides is 1. The van der Waals surface area contributed by atoms with Crippen LogP contribution in [-0.4, -0.2) is 57.2 Å². The fourth-order valence-corrected chi connectivity index (χ4v) is 3.53. The minimum absolute atomic E-state index is 0.216. The van der Waals surface area contributed by atoms with Gasteiger partial charge in [0.15, 0.2) is 5.69 Å². The Hall–Kier alpha value is -2.91. The van der Waals surface area contributed by atoms with Crippen LogP contribution in [0.4, 0.5) is 0 Å². The normalized spacial score (nSPS) is 16.6. The molecule has 0 radical (unpaired) electrons. The van der Waals surface area contributed by atoms with E-state index in [0.29, 0.717) is 49.2 Å². The van der Waals surface area contributed by atoms with Gasteiger partial charge in [0, 0.05) is 25.7 Å². The summed E-state index contributed by atoms with van der Waals surface area (Å²) in [6.45, 7) is 3.45. The third-order valence-corrected chi connectivity index (χ3v) is 5.30. The van der Waals surface area contributed by atoms with E-state index in [1.165, 1.54) is 0 Å². The van der Waals surface area contributed by atoms with Crippen LogP contribution >= 0.6 is 11.6 Å². The Balaban J connectivity index is 1.39. The van der Waals surface area contributed by atoms with Gasteiger partial charge in [-0.2, -0.15) is 5.10 Å². The smallest absolute Gasteiger partial charge is 0.278 e. The van der Waals surface area contributed by atoms with E-state index < -0.39 is 0 Å². The van der Waals surface area contributed by atoms with Crippen molar-refractivity contribution < 1.29 is 18.9 Å². The lowest BCUT2D eigenvalue weighted by atomic mass is 10.1. The van der Waals surface area contributed by atoms with Crippen molar-refractivity contribution in [2.24, 2.45) is 7.05 Å². The first-order valence-electron chi connectivity index (χ1n) is 9.63. The van der Waals surface area contributed by atoms with Gasteiger partial charge in [-0.3, -0.25) is 9.48 Å². The third kappa shape index (κ3) is 4.31. The molecule has 0 aliphatic carbocycles. The maximum atomic E-state index is 12.7. The number of hydrogen-bond donors (Lipinski definition) is 0. The van der Waals surface area contributed by atoms with Gasteiger partial charge in [-0.05, 0) is 30.3 Å². The molecule has 9 nitrogen and oxygen atoms in total. The molecular weight excluding hydrogens is 410 g/mol. The largest absolute Gasteiger partial charge is 0.492 e. The molecular formula is C20H22ClN5O4. The molecule has 1 aromatic carbocycles. The van der Waals surface area contributed by atoms with Crippen LogP contribution < -0.4 is 4.74 Å². The summed E-state index contributed by atoms with van der Waals surface area (Å²) in [5.74, 6) is 0.440. The molecule has 3 aromatic rings. The highest BCUT2D eigenvalue weighted by Gasteiger charge is 2.30. The van der Waals surface area contributed by atoms with Gasteiger partial charge in [0.05, 0.1) is 30.5 Å². The molecule has 30 heavy (non-hydrogen) atoms. The van der Waals surface area contributed by atoms with Crippen molar-refractivity contribution in [3.8, 4) is 5.75 Å². The number of aryl methyl sites for hydroxylation is 2. The fraction of sp³-hybridized carbons (Fsp3) is 0.400. The molecule has 3 heterocycles. The Kier molecular flexibility index (Phi) is 6.01. The molecule has 1 fully saturated rings. The van der Waals surface area contributed by atoms with E-state index in [1.54, 1.807) is 22.6 Å². The number of halogens is 1. The van der Waals surface area contributed by atoms with E-state index in [4.69, 9.17) is 21.1 Å². The van der Waals surface area contributed by atoms with Gasteiger partial charge in [0.2, 0.25) is 0 Å². The van der Waals surface area contributed by atoms with Crippen LogP contribution in [0.25, 0.3) is 0 Å². The first-order chi connectivity index (χ1) is 14.5. The first-order valence-corrected chi connectivity index (χ1v) is 10.0. The lowest BCUT2D eigenvalue weighted by molar-refractivity contribution is -0.0252. The van der Waals surface area contributed by atoms with Crippen molar-refractivity contribution >= 4 is 17.5 Å². The zero-order valence-corrected chi connectivity index (χ0v) is 17.5. The number of rotatable bonds is 6. The molecule has 2 aromatic heterocycles. The van der Waals surface area contributed by atoms with Gasteiger partial charge in [-0.15, -0.1) is 0 Å². The summed E-state index contributed by atoms with van der Waals surface area (Å²) in [7, 11) is 1.88. The highest BCUT2D eigenvalue weighted by Crippen LogP contribution is 2.25. The molecule has 0 spiro atoms. The van der Waals surface area contributed by atoms with E-state index in [2.05, 4.69) is 20.0 Å². The van der Waals surface area contributed by atoms with E-state index in [1.807, 2.05) is 31.3 Å². The number of carbonyl (C=O) groups excluding carboxylic acids is 1. The average Bonchev–Trinajstić information content (AvgIpc) is 3.34. The van der Waals surface area contributed by atoms with Gasteiger partial charge in [-0.1, -0.05) is 28.9 Å². The predicted octanol–water partition coefficient (Wildman–Crippen LogP) is 2.60. The highest BCUT2D eigenvalue weighted by atomic mass is 35.5. The average molecular weight is 432 g/mol. The van der Waals surface area contributed by atoms with E-state index >= 15 is 0 Å². The maximum absolute atomic E-state index is 12.7. The Morgan fingerprint density at radius 2 is 2.17 bits per heavy atom. The van der Waals surface area contributed by atoms with Crippen molar-refractivity contribution in [1.82, 2.24) is 25.0 Å². The third-order valence-electron chi connectivity index (χ3n) is 4.99. The molecule has 1 atom stereocenters. The van der Waals surface area contributed by atoms with Crippen LogP contribution in [-0.2, 0) is 18.2 Å².